The second-order valence-corrected chi connectivity index (χ2v) is 10.0. The van der Waals surface area contributed by atoms with Crippen LogP contribution >= 0.6 is 11.6 Å². The largest absolute Gasteiger partial charge is 0.308 e. The van der Waals surface area contributed by atoms with Crippen LogP contribution in [0.15, 0.2) is 78.0 Å². The number of hydrogen-bond donors (Lipinski definition) is 1. The number of halogens is 1. The number of hydrogen-bond acceptors (Lipinski definition) is 5. The van der Waals surface area contributed by atoms with Gasteiger partial charge >= 0.3 is 0 Å². The van der Waals surface area contributed by atoms with Gasteiger partial charge in [-0.1, -0.05) is 48.0 Å². The van der Waals surface area contributed by atoms with Crippen molar-refractivity contribution in [2.45, 2.75) is 44.4 Å². The summed E-state index contributed by atoms with van der Waals surface area (Å²) in [7, 11) is 0. The van der Waals surface area contributed by atoms with Crippen molar-refractivity contribution < 1.29 is 0 Å². The Bertz CT molecular complexity index is 1060. The van der Waals surface area contributed by atoms with Crippen molar-refractivity contribution in [3.63, 3.8) is 0 Å². The number of fused-ring (bicyclic) bond motifs is 1. The van der Waals surface area contributed by atoms with Crippen LogP contribution in [0.3, 0.4) is 0 Å². The summed E-state index contributed by atoms with van der Waals surface area (Å²) in [5.41, 5.74) is 4.96. The third kappa shape index (κ3) is 6.56. The van der Waals surface area contributed by atoms with Crippen molar-refractivity contribution in [2.24, 2.45) is 4.99 Å². The topological polar surface area (TPSA) is 43.8 Å². The van der Waals surface area contributed by atoms with E-state index in [1.54, 1.807) is 0 Å². The molecule has 35 heavy (non-hydrogen) atoms. The molecule has 1 atom stereocenters. The van der Waals surface area contributed by atoms with Crippen molar-refractivity contribution in [3.8, 4) is 0 Å². The summed E-state index contributed by atoms with van der Waals surface area (Å²) < 4.78 is 0. The lowest BCUT2D eigenvalue weighted by atomic mass is 9.99. The third-order valence-electron chi connectivity index (χ3n) is 7.20. The van der Waals surface area contributed by atoms with Gasteiger partial charge in [0.05, 0.1) is 5.69 Å². The lowest BCUT2D eigenvalue weighted by Gasteiger charge is -2.39. The molecule has 1 unspecified atom stereocenters. The zero-order chi connectivity index (χ0) is 23.9. The Morgan fingerprint density at radius 1 is 0.943 bits per heavy atom. The normalized spacial score (nSPS) is 18.6. The number of piperidine rings is 1. The van der Waals surface area contributed by atoms with Crippen LogP contribution in [0, 0.1) is 0 Å². The highest BCUT2D eigenvalue weighted by Gasteiger charge is 2.25. The maximum Gasteiger partial charge on any atom is 0.0688 e. The fraction of sp³-hybridized carbons (Fsp3) is 0.379. The van der Waals surface area contributed by atoms with Gasteiger partial charge in [-0.15, -0.1) is 0 Å². The van der Waals surface area contributed by atoms with Gasteiger partial charge in [-0.3, -0.25) is 14.9 Å². The molecule has 3 aromatic rings. The van der Waals surface area contributed by atoms with Crippen LogP contribution in [0.5, 0.6) is 0 Å². The predicted octanol–water partition coefficient (Wildman–Crippen LogP) is 5.64. The van der Waals surface area contributed by atoms with E-state index in [2.05, 4.69) is 73.6 Å². The fourth-order valence-electron chi connectivity index (χ4n) is 5.26. The van der Waals surface area contributed by atoms with Crippen molar-refractivity contribution >= 4 is 23.5 Å². The lowest BCUT2D eigenvalue weighted by molar-refractivity contribution is 0.0965. The Morgan fingerprint density at radius 2 is 1.69 bits per heavy atom. The van der Waals surface area contributed by atoms with Crippen LogP contribution in [-0.4, -0.2) is 53.2 Å². The Kier molecular flexibility index (Phi) is 8.22. The van der Waals surface area contributed by atoms with Gasteiger partial charge in [-0.05, 0) is 66.9 Å². The van der Waals surface area contributed by atoms with Gasteiger partial charge in [0, 0.05) is 68.3 Å². The van der Waals surface area contributed by atoms with E-state index in [1.165, 1.54) is 29.5 Å². The maximum absolute atomic E-state index is 6.15. The molecule has 182 valence electrons. The molecule has 2 aliphatic heterocycles. The molecule has 3 heterocycles. The predicted molar refractivity (Wildman–Crippen MR) is 144 cm³/mol. The number of pyridine rings is 1. The summed E-state index contributed by atoms with van der Waals surface area (Å²) in [6, 6.07) is 22.1. The maximum atomic E-state index is 6.15. The van der Waals surface area contributed by atoms with E-state index >= 15 is 0 Å². The first-order chi connectivity index (χ1) is 17.2. The first-order valence-electron chi connectivity index (χ1n) is 12.7. The third-order valence-corrected chi connectivity index (χ3v) is 7.43. The van der Waals surface area contributed by atoms with E-state index in [9.17, 15) is 0 Å². The molecule has 0 bridgehead atoms. The van der Waals surface area contributed by atoms with Gasteiger partial charge in [0.1, 0.15) is 0 Å². The number of likely N-dealkylation sites (tertiary alicyclic amines) is 1. The number of rotatable bonds is 9. The molecule has 1 N–H and O–H groups in total. The van der Waals surface area contributed by atoms with Crippen molar-refractivity contribution in [2.75, 3.05) is 26.2 Å². The fourth-order valence-corrected chi connectivity index (χ4v) is 5.43. The zero-order valence-corrected chi connectivity index (χ0v) is 20.9. The summed E-state index contributed by atoms with van der Waals surface area (Å²) in [4.78, 5) is 14.0. The Morgan fingerprint density at radius 3 is 2.46 bits per heavy atom. The highest BCUT2D eigenvalue weighted by Crippen LogP contribution is 2.33. The average molecular weight is 488 g/mol. The van der Waals surface area contributed by atoms with Crippen LogP contribution in [-0.2, 0) is 13.1 Å². The molecule has 6 heteroatoms. The first kappa shape index (κ1) is 24.1. The number of benzene rings is 2. The first-order valence-corrected chi connectivity index (χ1v) is 13.1. The van der Waals surface area contributed by atoms with E-state index < -0.39 is 0 Å². The van der Waals surface area contributed by atoms with Crippen LogP contribution in [0.1, 0.15) is 42.0 Å². The molecule has 0 aliphatic carbocycles. The number of nitrogens with zero attached hydrogens (tertiary/aromatic N) is 4. The number of nitrogens with one attached hydrogen (secondary N) is 1. The van der Waals surface area contributed by atoms with E-state index in [4.69, 9.17) is 11.6 Å². The molecule has 5 rings (SSSR count). The molecule has 5 nitrogen and oxygen atoms in total. The lowest BCUT2D eigenvalue weighted by Crippen LogP contribution is -2.46. The van der Waals surface area contributed by atoms with Crippen molar-refractivity contribution in [1.29, 1.82) is 0 Å². The van der Waals surface area contributed by atoms with Crippen LogP contribution in [0.2, 0.25) is 5.02 Å². The quantitative estimate of drug-likeness (QED) is 0.424. The van der Waals surface area contributed by atoms with Gasteiger partial charge in [-0.2, -0.15) is 0 Å². The highest BCUT2D eigenvalue weighted by atomic mass is 35.5. The smallest absolute Gasteiger partial charge is 0.0688 e. The minimum Gasteiger partial charge on any atom is -0.308 e. The van der Waals surface area contributed by atoms with E-state index in [0.717, 1.165) is 56.4 Å². The summed E-state index contributed by atoms with van der Waals surface area (Å²) in [6.45, 7) is 6.30. The summed E-state index contributed by atoms with van der Waals surface area (Å²) in [5.74, 6) is 0. The minimum absolute atomic E-state index is 0.319. The van der Waals surface area contributed by atoms with Crippen molar-refractivity contribution in [3.05, 3.63) is 94.8 Å². The Hall–Kier alpha value is -2.57. The molecular weight excluding hydrogens is 454 g/mol. The molecule has 0 amide bonds. The monoisotopic (exact) mass is 487 g/mol. The molecule has 1 saturated heterocycles. The second-order valence-electron chi connectivity index (χ2n) is 9.58. The molecule has 0 spiro atoms. The molecule has 0 saturated carbocycles. The van der Waals surface area contributed by atoms with E-state index in [0.29, 0.717) is 12.1 Å². The Labute approximate surface area is 213 Å². The molecule has 2 aliphatic rings. The van der Waals surface area contributed by atoms with E-state index in [1.807, 2.05) is 30.7 Å². The van der Waals surface area contributed by atoms with E-state index in [-0.39, 0.29) is 0 Å². The zero-order valence-electron chi connectivity index (χ0n) is 20.2. The molecule has 2 aromatic carbocycles. The van der Waals surface area contributed by atoms with Gasteiger partial charge in [0.15, 0.2) is 0 Å². The highest BCUT2D eigenvalue weighted by molar-refractivity contribution is 6.30. The summed E-state index contributed by atoms with van der Waals surface area (Å²) in [6.07, 6.45) is 9.14. The van der Waals surface area contributed by atoms with Gasteiger partial charge in [0.25, 0.3) is 0 Å². The van der Waals surface area contributed by atoms with Gasteiger partial charge < -0.3 is 10.2 Å². The van der Waals surface area contributed by atoms with Gasteiger partial charge in [-0.25, -0.2) is 0 Å². The standard InChI is InChI=1S/C29H34ClN5/c30-25-6-7-27-28(10-15-32-29(27)20-25)33-16-19-34-17-11-26(12-18-34)35(21-23-4-2-1-3-5-23)22-24-8-13-31-14-9-24/h1-9,13-15,20,26,28,33H,10-12,16-19,21-22H2. The summed E-state index contributed by atoms with van der Waals surface area (Å²) >= 11 is 6.15. The molecule has 1 aromatic heterocycles. The molecule has 0 radical (unpaired) electrons. The minimum atomic E-state index is 0.319. The van der Waals surface area contributed by atoms with Crippen LogP contribution in [0.25, 0.3) is 0 Å². The SMILES string of the molecule is Clc1ccc2c(c1)N=CCC2NCCN1CCC(N(Cc2ccccc2)Cc2ccncc2)CC1. The van der Waals surface area contributed by atoms with Gasteiger partial charge in [0.2, 0.25) is 0 Å². The van der Waals surface area contributed by atoms with Crippen LogP contribution < -0.4 is 5.32 Å². The average Bonchev–Trinajstić information content (AvgIpc) is 2.90. The van der Waals surface area contributed by atoms with Crippen molar-refractivity contribution in [1.82, 2.24) is 20.1 Å². The summed E-state index contributed by atoms with van der Waals surface area (Å²) in [5, 5.41) is 4.50. The molecule has 1 fully saturated rings. The number of aliphatic imine (C=N–C) groups is 1. The molecular formula is C29H34ClN5. The number of aromatic nitrogens is 1. The Balaban J connectivity index is 1.13. The van der Waals surface area contributed by atoms with Crippen LogP contribution in [0.4, 0.5) is 5.69 Å². The second kappa shape index (κ2) is 11.9.